The first-order chi connectivity index (χ1) is 2.89. The first-order valence-corrected chi connectivity index (χ1v) is 2.15. The third kappa shape index (κ3) is 0.571. The molecule has 1 rings (SSSR count). The van der Waals surface area contributed by atoms with Crippen molar-refractivity contribution in [1.82, 2.24) is 0 Å². The zero-order valence-corrected chi connectivity index (χ0v) is 3.59. The summed E-state index contributed by atoms with van der Waals surface area (Å²) in [6, 6.07) is 0.255. The first kappa shape index (κ1) is 3.81. The molecule has 0 radical (unpaired) electrons. The molecule has 1 aliphatic rings. The highest BCUT2D eigenvalue weighted by Crippen LogP contribution is 1.92. The quantitative estimate of drug-likeness (QED) is 0.433. The van der Waals surface area contributed by atoms with Gasteiger partial charge in [0.2, 0.25) is 0 Å². The SMILES string of the molecule is NC1C=NCC1. The van der Waals surface area contributed by atoms with Crippen LogP contribution >= 0.6 is 0 Å². The van der Waals surface area contributed by atoms with Gasteiger partial charge in [0, 0.05) is 18.8 Å². The Hall–Kier alpha value is -0.370. The van der Waals surface area contributed by atoms with Gasteiger partial charge < -0.3 is 5.73 Å². The minimum absolute atomic E-state index is 0.255. The van der Waals surface area contributed by atoms with Gasteiger partial charge in [0.25, 0.3) is 0 Å². The van der Waals surface area contributed by atoms with Gasteiger partial charge in [0.1, 0.15) is 0 Å². The van der Waals surface area contributed by atoms with Crippen LogP contribution in [-0.2, 0) is 0 Å². The molecule has 2 heteroatoms. The standard InChI is InChI=1S/C4H8N2/c5-4-1-2-6-3-4/h3-4H,1-2,5H2. The van der Waals surface area contributed by atoms with E-state index in [1.165, 1.54) is 0 Å². The number of hydrogen-bond acceptors (Lipinski definition) is 2. The average molecular weight is 84.1 g/mol. The summed E-state index contributed by atoms with van der Waals surface area (Å²) in [5.41, 5.74) is 5.39. The molecule has 0 bridgehead atoms. The maximum atomic E-state index is 5.39. The fourth-order valence-corrected chi connectivity index (χ4v) is 0.508. The molecule has 1 unspecified atom stereocenters. The molecule has 34 valence electrons. The average Bonchev–Trinajstić information content (AvgIpc) is 1.86. The van der Waals surface area contributed by atoms with Crippen LogP contribution in [0.2, 0.25) is 0 Å². The van der Waals surface area contributed by atoms with Gasteiger partial charge in [-0.05, 0) is 6.42 Å². The van der Waals surface area contributed by atoms with E-state index in [4.69, 9.17) is 5.73 Å². The Morgan fingerprint density at radius 2 is 2.67 bits per heavy atom. The van der Waals surface area contributed by atoms with Gasteiger partial charge in [-0.3, -0.25) is 4.99 Å². The third-order valence-corrected chi connectivity index (χ3v) is 0.888. The molecule has 2 nitrogen and oxygen atoms in total. The van der Waals surface area contributed by atoms with Crippen molar-refractivity contribution in [2.75, 3.05) is 6.54 Å². The second-order valence-corrected chi connectivity index (χ2v) is 1.51. The fourth-order valence-electron chi connectivity index (χ4n) is 0.508. The smallest absolute Gasteiger partial charge is 0.0412 e. The summed E-state index contributed by atoms with van der Waals surface area (Å²) < 4.78 is 0. The minimum atomic E-state index is 0.255. The summed E-state index contributed by atoms with van der Waals surface area (Å²) in [7, 11) is 0. The van der Waals surface area contributed by atoms with E-state index < -0.39 is 0 Å². The molecule has 1 heterocycles. The van der Waals surface area contributed by atoms with Crippen LogP contribution < -0.4 is 5.73 Å². The molecule has 0 aromatic rings. The lowest BCUT2D eigenvalue weighted by atomic mass is 10.3. The van der Waals surface area contributed by atoms with Gasteiger partial charge in [-0.25, -0.2) is 0 Å². The largest absolute Gasteiger partial charge is 0.323 e. The predicted molar refractivity (Wildman–Crippen MR) is 26.0 cm³/mol. The van der Waals surface area contributed by atoms with Crippen LogP contribution in [-0.4, -0.2) is 18.8 Å². The highest BCUT2D eigenvalue weighted by atomic mass is 14.8. The second kappa shape index (κ2) is 1.39. The molecule has 2 N–H and O–H groups in total. The summed E-state index contributed by atoms with van der Waals surface area (Å²) in [5, 5.41) is 0. The summed E-state index contributed by atoms with van der Waals surface area (Å²) in [6.45, 7) is 0.932. The molecule has 0 aromatic carbocycles. The predicted octanol–water partition coefficient (Wildman–Crippen LogP) is -0.212. The van der Waals surface area contributed by atoms with E-state index in [-0.39, 0.29) is 6.04 Å². The number of rotatable bonds is 0. The maximum absolute atomic E-state index is 5.39. The lowest BCUT2D eigenvalue weighted by Crippen LogP contribution is -2.17. The summed E-state index contributed by atoms with van der Waals surface area (Å²) in [4.78, 5) is 3.91. The van der Waals surface area contributed by atoms with Crippen LogP contribution in [0.1, 0.15) is 6.42 Å². The lowest BCUT2D eigenvalue weighted by molar-refractivity contribution is 0.827. The maximum Gasteiger partial charge on any atom is 0.0412 e. The molecular weight excluding hydrogens is 76.1 g/mol. The van der Waals surface area contributed by atoms with E-state index in [0.717, 1.165) is 13.0 Å². The van der Waals surface area contributed by atoms with Gasteiger partial charge in [0.15, 0.2) is 0 Å². The topological polar surface area (TPSA) is 38.4 Å². The van der Waals surface area contributed by atoms with E-state index in [1.54, 1.807) is 6.21 Å². The van der Waals surface area contributed by atoms with Gasteiger partial charge in [-0.15, -0.1) is 0 Å². The molecule has 0 saturated heterocycles. The Bertz CT molecular complexity index is 67.9. The van der Waals surface area contributed by atoms with Crippen LogP contribution in [0, 0.1) is 0 Å². The number of hydrogen-bond donors (Lipinski definition) is 1. The monoisotopic (exact) mass is 84.1 g/mol. The molecule has 0 fully saturated rings. The number of nitrogens with two attached hydrogens (primary N) is 1. The molecule has 0 spiro atoms. The Kier molecular flexibility index (Phi) is 0.881. The molecule has 6 heavy (non-hydrogen) atoms. The molecule has 0 saturated carbocycles. The van der Waals surface area contributed by atoms with E-state index in [9.17, 15) is 0 Å². The zero-order chi connectivity index (χ0) is 4.41. The van der Waals surface area contributed by atoms with Crippen molar-refractivity contribution in [2.45, 2.75) is 12.5 Å². The van der Waals surface area contributed by atoms with E-state index >= 15 is 0 Å². The van der Waals surface area contributed by atoms with Crippen LogP contribution in [0.25, 0.3) is 0 Å². The van der Waals surface area contributed by atoms with Crippen LogP contribution in [0.3, 0.4) is 0 Å². The molecular formula is C4H8N2. The Morgan fingerprint density at radius 3 is 2.83 bits per heavy atom. The summed E-state index contributed by atoms with van der Waals surface area (Å²) >= 11 is 0. The highest BCUT2D eigenvalue weighted by molar-refractivity contribution is 5.65. The van der Waals surface area contributed by atoms with Crippen molar-refractivity contribution in [3.05, 3.63) is 0 Å². The normalized spacial score (nSPS) is 31.8. The Labute approximate surface area is 37.1 Å². The van der Waals surface area contributed by atoms with Crippen molar-refractivity contribution >= 4 is 6.21 Å². The summed E-state index contributed by atoms with van der Waals surface area (Å²) in [5.74, 6) is 0. The van der Waals surface area contributed by atoms with Crippen molar-refractivity contribution in [1.29, 1.82) is 0 Å². The van der Waals surface area contributed by atoms with Gasteiger partial charge in [-0.2, -0.15) is 0 Å². The molecule has 0 aromatic heterocycles. The van der Waals surface area contributed by atoms with Crippen LogP contribution in [0.4, 0.5) is 0 Å². The minimum Gasteiger partial charge on any atom is -0.323 e. The van der Waals surface area contributed by atoms with Crippen molar-refractivity contribution in [3.8, 4) is 0 Å². The third-order valence-electron chi connectivity index (χ3n) is 0.888. The van der Waals surface area contributed by atoms with Gasteiger partial charge in [0.05, 0.1) is 0 Å². The van der Waals surface area contributed by atoms with E-state index in [0.29, 0.717) is 0 Å². The first-order valence-electron chi connectivity index (χ1n) is 2.15. The van der Waals surface area contributed by atoms with E-state index in [2.05, 4.69) is 4.99 Å². The zero-order valence-electron chi connectivity index (χ0n) is 3.59. The van der Waals surface area contributed by atoms with E-state index in [1.807, 2.05) is 0 Å². The Morgan fingerprint density at radius 1 is 1.83 bits per heavy atom. The van der Waals surface area contributed by atoms with Crippen molar-refractivity contribution in [2.24, 2.45) is 10.7 Å². The molecule has 1 aliphatic heterocycles. The number of aliphatic imine (C=N–C) groups is 1. The Balaban J connectivity index is 2.38. The van der Waals surface area contributed by atoms with Crippen molar-refractivity contribution in [3.63, 3.8) is 0 Å². The lowest BCUT2D eigenvalue weighted by Gasteiger charge is -1.88. The summed E-state index contributed by atoms with van der Waals surface area (Å²) in [6.07, 6.45) is 2.85. The molecule has 0 amide bonds. The number of nitrogens with zero attached hydrogens (tertiary/aromatic N) is 1. The fraction of sp³-hybridized carbons (Fsp3) is 0.750. The van der Waals surface area contributed by atoms with Crippen LogP contribution in [0.5, 0.6) is 0 Å². The molecule has 0 aliphatic carbocycles. The molecule has 1 atom stereocenters. The van der Waals surface area contributed by atoms with Gasteiger partial charge >= 0.3 is 0 Å². The van der Waals surface area contributed by atoms with Gasteiger partial charge in [-0.1, -0.05) is 0 Å². The second-order valence-electron chi connectivity index (χ2n) is 1.51. The van der Waals surface area contributed by atoms with Crippen molar-refractivity contribution < 1.29 is 0 Å². The highest BCUT2D eigenvalue weighted by Gasteiger charge is 2.00. The van der Waals surface area contributed by atoms with Crippen LogP contribution in [0.15, 0.2) is 4.99 Å².